The molecule has 2 heterocycles. The first-order valence-electron chi connectivity index (χ1n) is 8.53. The Hall–Kier alpha value is -2.18. The van der Waals surface area contributed by atoms with Gasteiger partial charge >= 0.3 is 0 Å². The Morgan fingerprint density at radius 2 is 1.92 bits per heavy atom. The minimum Gasteiger partial charge on any atom is -0.363 e. The number of pyridine rings is 1. The van der Waals surface area contributed by atoms with Crippen molar-refractivity contribution in [3.05, 3.63) is 58.5 Å². The molecule has 1 aromatic carbocycles. The summed E-state index contributed by atoms with van der Waals surface area (Å²) in [6.45, 7) is 3.45. The van der Waals surface area contributed by atoms with Crippen molar-refractivity contribution in [3.8, 4) is 0 Å². The van der Waals surface area contributed by atoms with Crippen LogP contribution in [0.25, 0.3) is 0 Å². The van der Waals surface area contributed by atoms with Gasteiger partial charge in [0.1, 0.15) is 11.6 Å². The number of aromatic nitrogens is 1. The van der Waals surface area contributed by atoms with Crippen LogP contribution in [-0.4, -0.2) is 61.0 Å². The lowest BCUT2D eigenvalue weighted by molar-refractivity contribution is 0.0628. The lowest BCUT2D eigenvalue weighted by Gasteiger charge is -2.35. The number of benzene rings is 1. The average molecular weight is 377 g/mol. The van der Waals surface area contributed by atoms with Gasteiger partial charge < -0.3 is 9.80 Å². The summed E-state index contributed by atoms with van der Waals surface area (Å²) in [7, 11) is 3.83. The zero-order valence-corrected chi connectivity index (χ0v) is 15.7. The topological polar surface area (TPSA) is 39.7 Å². The number of amides is 1. The second-order valence-corrected chi connectivity index (χ2v) is 7.01. The molecule has 3 rings (SSSR count). The van der Waals surface area contributed by atoms with Gasteiger partial charge in [-0.2, -0.15) is 0 Å². The minimum absolute atomic E-state index is 0.00210. The first-order chi connectivity index (χ1) is 12.4. The van der Waals surface area contributed by atoms with E-state index in [1.54, 1.807) is 12.3 Å². The van der Waals surface area contributed by atoms with E-state index in [4.69, 9.17) is 11.6 Å². The van der Waals surface area contributed by atoms with Crippen LogP contribution in [0.2, 0.25) is 5.02 Å². The van der Waals surface area contributed by atoms with E-state index in [2.05, 4.69) is 9.88 Å². The highest BCUT2D eigenvalue weighted by Crippen LogP contribution is 2.20. The van der Waals surface area contributed by atoms with E-state index in [1.165, 1.54) is 12.1 Å². The summed E-state index contributed by atoms with van der Waals surface area (Å²) in [4.78, 5) is 22.9. The molecule has 1 saturated heterocycles. The van der Waals surface area contributed by atoms with Crippen molar-refractivity contribution in [3.63, 3.8) is 0 Å². The fourth-order valence-corrected chi connectivity index (χ4v) is 3.19. The number of carbonyl (C=O) groups excluding carboxylic acids is 1. The fraction of sp³-hybridized carbons (Fsp3) is 0.368. The Morgan fingerprint density at radius 1 is 1.19 bits per heavy atom. The van der Waals surface area contributed by atoms with Crippen LogP contribution >= 0.6 is 11.6 Å². The van der Waals surface area contributed by atoms with Crippen molar-refractivity contribution in [2.24, 2.45) is 0 Å². The molecule has 0 unspecified atom stereocenters. The van der Waals surface area contributed by atoms with Gasteiger partial charge in [0.15, 0.2) is 0 Å². The van der Waals surface area contributed by atoms with Gasteiger partial charge in [-0.25, -0.2) is 9.37 Å². The molecule has 1 amide bonds. The molecule has 7 heteroatoms. The maximum absolute atomic E-state index is 13.1. The monoisotopic (exact) mass is 376 g/mol. The molecule has 1 aromatic heterocycles. The number of nitrogens with zero attached hydrogens (tertiary/aromatic N) is 4. The van der Waals surface area contributed by atoms with E-state index in [0.29, 0.717) is 30.2 Å². The Balaban J connectivity index is 1.56. The number of rotatable bonds is 4. The minimum atomic E-state index is -0.330. The first-order valence-corrected chi connectivity index (χ1v) is 8.91. The standard InChI is InChI=1S/C19H22ClFN4O/c1-23(2)18-6-4-14(12-22-18)19(26)25-9-7-24(8-10-25)13-15-3-5-16(21)11-17(15)20/h3-6,11-12H,7-10,13H2,1-2H3. The SMILES string of the molecule is CN(C)c1ccc(C(=O)N2CCN(Cc3ccc(F)cc3Cl)CC2)cn1. The molecule has 0 radical (unpaired) electrons. The van der Waals surface area contributed by atoms with Crippen molar-refractivity contribution in [2.75, 3.05) is 45.2 Å². The zero-order valence-electron chi connectivity index (χ0n) is 15.0. The summed E-state index contributed by atoms with van der Waals surface area (Å²) in [6.07, 6.45) is 1.63. The molecule has 1 aliphatic heterocycles. The third kappa shape index (κ3) is 4.31. The predicted octanol–water partition coefficient (Wildman–Crippen LogP) is 2.90. The summed E-state index contributed by atoms with van der Waals surface area (Å²) in [5, 5.41) is 0.440. The van der Waals surface area contributed by atoms with Gasteiger partial charge in [-0.05, 0) is 29.8 Å². The van der Waals surface area contributed by atoms with Crippen molar-refractivity contribution in [2.45, 2.75) is 6.54 Å². The quantitative estimate of drug-likeness (QED) is 0.822. The molecule has 5 nitrogen and oxygen atoms in total. The van der Waals surface area contributed by atoms with Gasteiger partial charge in [0.2, 0.25) is 0 Å². The van der Waals surface area contributed by atoms with Crippen molar-refractivity contribution in [1.82, 2.24) is 14.8 Å². The molecular formula is C19H22ClFN4O. The van der Waals surface area contributed by atoms with Gasteiger partial charge in [-0.3, -0.25) is 9.69 Å². The lowest BCUT2D eigenvalue weighted by Crippen LogP contribution is -2.48. The number of anilines is 1. The van der Waals surface area contributed by atoms with E-state index in [9.17, 15) is 9.18 Å². The molecular weight excluding hydrogens is 355 g/mol. The molecule has 1 aliphatic rings. The second-order valence-electron chi connectivity index (χ2n) is 6.60. The van der Waals surface area contributed by atoms with E-state index >= 15 is 0 Å². The first kappa shape index (κ1) is 18.6. The molecule has 0 saturated carbocycles. The Labute approximate surface area is 158 Å². The molecule has 138 valence electrons. The van der Waals surface area contributed by atoms with Gasteiger partial charge in [-0.1, -0.05) is 17.7 Å². The summed E-state index contributed by atoms with van der Waals surface area (Å²) in [6, 6.07) is 8.13. The van der Waals surface area contributed by atoms with Crippen LogP contribution in [0.5, 0.6) is 0 Å². The molecule has 0 spiro atoms. The van der Waals surface area contributed by atoms with Crippen LogP contribution in [0.4, 0.5) is 10.2 Å². The number of halogens is 2. The average Bonchev–Trinajstić information content (AvgIpc) is 2.64. The van der Waals surface area contributed by atoms with Crippen molar-refractivity contribution >= 4 is 23.3 Å². The zero-order chi connectivity index (χ0) is 18.7. The Bertz CT molecular complexity index is 774. The molecule has 0 atom stereocenters. The summed E-state index contributed by atoms with van der Waals surface area (Å²) < 4.78 is 13.1. The predicted molar refractivity (Wildman–Crippen MR) is 101 cm³/mol. The van der Waals surface area contributed by atoms with Crippen LogP contribution in [0.3, 0.4) is 0 Å². The van der Waals surface area contributed by atoms with Crippen LogP contribution in [-0.2, 0) is 6.54 Å². The Kier molecular flexibility index (Phi) is 5.74. The molecule has 0 N–H and O–H groups in total. The van der Waals surface area contributed by atoms with Crippen molar-refractivity contribution in [1.29, 1.82) is 0 Å². The molecule has 0 aliphatic carbocycles. The highest BCUT2D eigenvalue weighted by Gasteiger charge is 2.23. The van der Waals surface area contributed by atoms with Gasteiger partial charge in [0, 0.05) is 58.0 Å². The number of carbonyl (C=O) groups is 1. The molecule has 1 fully saturated rings. The molecule has 26 heavy (non-hydrogen) atoms. The third-order valence-electron chi connectivity index (χ3n) is 4.52. The maximum Gasteiger partial charge on any atom is 0.255 e. The largest absolute Gasteiger partial charge is 0.363 e. The third-order valence-corrected chi connectivity index (χ3v) is 4.87. The van der Waals surface area contributed by atoms with Crippen LogP contribution in [0, 0.1) is 5.82 Å². The number of hydrogen-bond donors (Lipinski definition) is 0. The number of hydrogen-bond acceptors (Lipinski definition) is 4. The van der Waals surface area contributed by atoms with E-state index < -0.39 is 0 Å². The van der Waals surface area contributed by atoms with Crippen LogP contribution in [0.15, 0.2) is 36.5 Å². The molecule has 0 bridgehead atoms. The summed E-state index contributed by atoms with van der Waals surface area (Å²) in [5.74, 6) is 0.493. The summed E-state index contributed by atoms with van der Waals surface area (Å²) in [5.41, 5.74) is 1.50. The maximum atomic E-state index is 13.1. The van der Waals surface area contributed by atoms with Crippen LogP contribution < -0.4 is 4.90 Å². The Morgan fingerprint density at radius 3 is 2.50 bits per heavy atom. The second kappa shape index (κ2) is 8.01. The summed E-state index contributed by atoms with van der Waals surface area (Å²) >= 11 is 6.10. The van der Waals surface area contributed by atoms with Crippen LogP contribution in [0.1, 0.15) is 15.9 Å². The van der Waals surface area contributed by atoms with Gasteiger partial charge in [0.05, 0.1) is 5.56 Å². The van der Waals surface area contributed by atoms with E-state index in [0.717, 1.165) is 24.5 Å². The fourth-order valence-electron chi connectivity index (χ4n) is 2.96. The lowest BCUT2D eigenvalue weighted by atomic mass is 10.1. The molecule has 2 aromatic rings. The highest BCUT2D eigenvalue weighted by molar-refractivity contribution is 6.31. The van der Waals surface area contributed by atoms with Crippen molar-refractivity contribution < 1.29 is 9.18 Å². The smallest absolute Gasteiger partial charge is 0.255 e. The van der Waals surface area contributed by atoms with E-state index in [-0.39, 0.29) is 11.7 Å². The van der Waals surface area contributed by atoms with Gasteiger partial charge in [0.25, 0.3) is 5.91 Å². The van der Waals surface area contributed by atoms with E-state index in [1.807, 2.05) is 36.0 Å². The highest BCUT2D eigenvalue weighted by atomic mass is 35.5. The number of piperazine rings is 1. The normalized spacial score (nSPS) is 15.2. The van der Waals surface area contributed by atoms with Gasteiger partial charge in [-0.15, -0.1) is 0 Å².